The van der Waals surface area contributed by atoms with Crippen LogP contribution in [0.5, 0.6) is 0 Å². The fourth-order valence-corrected chi connectivity index (χ4v) is 2.05. The van der Waals surface area contributed by atoms with Crippen molar-refractivity contribution in [3.05, 3.63) is 40.0 Å². The zero-order chi connectivity index (χ0) is 14.2. The largest absolute Gasteiger partial charge is 0.392 e. The van der Waals surface area contributed by atoms with E-state index >= 15 is 0 Å². The highest BCUT2D eigenvalue weighted by Crippen LogP contribution is 2.30. The number of hydrogen-bond donors (Lipinski definition) is 1. The highest BCUT2D eigenvalue weighted by Gasteiger charge is 2.18. The van der Waals surface area contributed by atoms with Crippen molar-refractivity contribution in [1.82, 2.24) is 9.78 Å². The van der Waals surface area contributed by atoms with E-state index in [1.165, 1.54) is 0 Å². The molecule has 0 radical (unpaired) electrons. The van der Waals surface area contributed by atoms with E-state index in [4.69, 9.17) is 23.2 Å². The Hall–Kier alpha value is -1.03. The van der Waals surface area contributed by atoms with Gasteiger partial charge in [-0.05, 0) is 32.9 Å². The molecule has 1 aromatic heterocycles. The molecule has 0 aliphatic heterocycles. The van der Waals surface area contributed by atoms with E-state index in [0.717, 1.165) is 16.8 Å². The van der Waals surface area contributed by atoms with Gasteiger partial charge in [-0.2, -0.15) is 5.10 Å². The van der Waals surface area contributed by atoms with Gasteiger partial charge in [0.25, 0.3) is 0 Å². The number of nitrogens with zero attached hydrogens (tertiary/aromatic N) is 2. The Labute approximate surface area is 122 Å². The number of benzene rings is 1. The summed E-state index contributed by atoms with van der Waals surface area (Å²) in [7, 11) is 0. The number of rotatable bonds is 2. The Morgan fingerprint density at radius 2 is 1.89 bits per heavy atom. The molecule has 0 spiro atoms. The molecule has 2 aromatic rings. The molecule has 19 heavy (non-hydrogen) atoms. The van der Waals surface area contributed by atoms with Crippen LogP contribution < -0.4 is 0 Å². The van der Waals surface area contributed by atoms with Crippen molar-refractivity contribution in [3.63, 3.8) is 0 Å². The van der Waals surface area contributed by atoms with Crippen molar-refractivity contribution >= 4 is 23.2 Å². The zero-order valence-electron chi connectivity index (χ0n) is 11.1. The number of halogens is 2. The van der Waals surface area contributed by atoms with Crippen LogP contribution in [-0.2, 0) is 12.1 Å². The number of aliphatic hydroxyl groups excluding tert-OH is 1. The molecule has 0 aliphatic carbocycles. The summed E-state index contributed by atoms with van der Waals surface area (Å²) < 4.78 is 1.84. The van der Waals surface area contributed by atoms with Crippen LogP contribution in [-0.4, -0.2) is 14.9 Å². The number of aromatic nitrogens is 2. The molecule has 0 unspecified atom stereocenters. The lowest BCUT2D eigenvalue weighted by atomic mass is 10.1. The summed E-state index contributed by atoms with van der Waals surface area (Å²) >= 11 is 11.9. The first-order valence-corrected chi connectivity index (χ1v) is 6.74. The molecule has 1 N–H and O–H groups in total. The summed E-state index contributed by atoms with van der Waals surface area (Å²) in [6.45, 7) is 6.10. The first-order chi connectivity index (χ1) is 8.82. The van der Waals surface area contributed by atoms with Gasteiger partial charge in [-0.3, -0.25) is 4.68 Å². The second-order valence-electron chi connectivity index (χ2n) is 5.41. The van der Waals surface area contributed by atoms with Crippen molar-refractivity contribution in [1.29, 1.82) is 0 Å². The third kappa shape index (κ3) is 2.94. The molecule has 0 saturated carbocycles. The molecule has 0 aliphatic rings. The Morgan fingerprint density at radius 1 is 1.21 bits per heavy atom. The van der Waals surface area contributed by atoms with Crippen molar-refractivity contribution in [3.8, 4) is 11.3 Å². The van der Waals surface area contributed by atoms with Gasteiger partial charge >= 0.3 is 0 Å². The Kier molecular flexibility index (Phi) is 3.90. The van der Waals surface area contributed by atoms with Gasteiger partial charge in [-0.15, -0.1) is 0 Å². The smallest absolute Gasteiger partial charge is 0.0979 e. The van der Waals surface area contributed by atoms with Crippen molar-refractivity contribution in [2.24, 2.45) is 0 Å². The summed E-state index contributed by atoms with van der Waals surface area (Å²) in [4.78, 5) is 0. The standard InChI is InChI=1S/C14H16Cl2N2O/c1-14(2,3)18-7-10(8-19)13(17-18)9-4-5-11(15)12(16)6-9/h4-7,19H,8H2,1-3H3. The quantitative estimate of drug-likeness (QED) is 0.906. The van der Waals surface area contributed by atoms with Crippen LogP contribution in [0.3, 0.4) is 0 Å². The first kappa shape index (κ1) is 14.4. The maximum absolute atomic E-state index is 9.47. The normalized spacial score (nSPS) is 11.9. The lowest BCUT2D eigenvalue weighted by Gasteiger charge is -2.18. The van der Waals surface area contributed by atoms with E-state index < -0.39 is 0 Å². The van der Waals surface area contributed by atoms with Gasteiger partial charge in [0, 0.05) is 17.3 Å². The zero-order valence-corrected chi connectivity index (χ0v) is 12.6. The topological polar surface area (TPSA) is 38.0 Å². The second-order valence-corrected chi connectivity index (χ2v) is 6.22. The van der Waals surface area contributed by atoms with E-state index in [2.05, 4.69) is 25.9 Å². The maximum Gasteiger partial charge on any atom is 0.0979 e. The van der Waals surface area contributed by atoms with Crippen LogP contribution in [0, 0.1) is 0 Å². The van der Waals surface area contributed by atoms with Crippen LogP contribution >= 0.6 is 23.2 Å². The molecule has 1 aromatic carbocycles. The van der Waals surface area contributed by atoms with E-state index in [1.807, 2.05) is 16.9 Å². The lowest BCUT2D eigenvalue weighted by Crippen LogP contribution is -2.22. The van der Waals surface area contributed by atoms with Crippen LogP contribution in [0.1, 0.15) is 26.3 Å². The average Bonchev–Trinajstić information content (AvgIpc) is 2.76. The molecule has 3 nitrogen and oxygen atoms in total. The van der Waals surface area contributed by atoms with Gasteiger partial charge in [0.05, 0.1) is 27.9 Å². The van der Waals surface area contributed by atoms with Crippen LogP contribution in [0.15, 0.2) is 24.4 Å². The second kappa shape index (κ2) is 5.16. The molecule has 0 saturated heterocycles. The van der Waals surface area contributed by atoms with Gasteiger partial charge in [0.15, 0.2) is 0 Å². The van der Waals surface area contributed by atoms with Crippen LogP contribution in [0.4, 0.5) is 0 Å². The molecular weight excluding hydrogens is 283 g/mol. The molecule has 0 atom stereocenters. The molecule has 102 valence electrons. The molecular formula is C14H16Cl2N2O. The van der Waals surface area contributed by atoms with Gasteiger partial charge in [0.2, 0.25) is 0 Å². The molecule has 0 bridgehead atoms. The molecule has 0 fully saturated rings. The fourth-order valence-electron chi connectivity index (χ4n) is 1.76. The highest BCUT2D eigenvalue weighted by molar-refractivity contribution is 6.42. The van der Waals surface area contributed by atoms with E-state index in [0.29, 0.717) is 10.0 Å². The van der Waals surface area contributed by atoms with E-state index in [1.54, 1.807) is 12.1 Å². The summed E-state index contributed by atoms with van der Waals surface area (Å²) in [5.74, 6) is 0. The lowest BCUT2D eigenvalue weighted by molar-refractivity contribution is 0.281. The van der Waals surface area contributed by atoms with Crippen LogP contribution in [0.2, 0.25) is 10.0 Å². The Bertz CT molecular complexity index is 600. The summed E-state index contributed by atoms with van der Waals surface area (Å²) in [6.07, 6.45) is 1.86. The minimum Gasteiger partial charge on any atom is -0.392 e. The van der Waals surface area contributed by atoms with Crippen molar-refractivity contribution < 1.29 is 5.11 Å². The number of aliphatic hydroxyl groups is 1. The summed E-state index contributed by atoms with van der Waals surface area (Å²) in [6, 6.07) is 5.34. The van der Waals surface area contributed by atoms with Gasteiger partial charge in [0.1, 0.15) is 0 Å². The van der Waals surface area contributed by atoms with Crippen molar-refractivity contribution in [2.75, 3.05) is 0 Å². The predicted molar refractivity (Wildman–Crippen MR) is 78.6 cm³/mol. The molecule has 0 amide bonds. The van der Waals surface area contributed by atoms with Gasteiger partial charge in [-0.25, -0.2) is 0 Å². The number of hydrogen-bond acceptors (Lipinski definition) is 2. The highest BCUT2D eigenvalue weighted by atomic mass is 35.5. The van der Waals surface area contributed by atoms with E-state index in [-0.39, 0.29) is 12.1 Å². The fraction of sp³-hybridized carbons (Fsp3) is 0.357. The minimum atomic E-state index is -0.140. The summed E-state index contributed by atoms with van der Waals surface area (Å²) in [5.41, 5.74) is 2.21. The Morgan fingerprint density at radius 3 is 2.42 bits per heavy atom. The van der Waals surface area contributed by atoms with Crippen molar-refractivity contribution in [2.45, 2.75) is 32.9 Å². The predicted octanol–water partition coefficient (Wildman–Crippen LogP) is 4.10. The summed E-state index contributed by atoms with van der Waals surface area (Å²) in [5, 5.41) is 15.0. The molecule has 2 rings (SSSR count). The third-order valence-corrected chi connectivity index (χ3v) is 3.58. The first-order valence-electron chi connectivity index (χ1n) is 5.98. The third-order valence-electron chi connectivity index (χ3n) is 2.84. The average molecular weight is 299 g/mol. The Balaban J connectivity index is 2.54. The molecule has 5 heteroatoms. The SMILES string of the molecule is CC(C)(C)n1cc(CO)c(-c2ccc(Cl)c(Cl)c2)n1. The monoisotopic (exact) mass is 298 g/mol. The van der Waals surface area contributed by atoms with E-state index in [9.17, 15) is 5.11 Å². The maximum atomic E-state index is 9.47. The van der Waals surface area contributed by atoms with Gasteiger partial charge < -0.3 is 5.11 Å². The minimum absolute atomic E-state index is 0.0638. The molecule has 1 heterocycles. The van der Waals surface area contributed by atoms with Gasteiger partial charge in [-0.1, -0.05) is 29.3 Å². The van der Waals surface area contributed by atoms with Crippen LogP contribution in [0.25, 0.3) is 11.3 Å².